The van der Waals surface area contributed by atoms with Gasteiger partial charge in [0.25, 0.3) is 0 Å². The highest BCUT2D eigenvalue weighted by molar-refractivity contribution is 5.60. The number of anilines is 1. The maximum atomic E-state index is 10.6. The van der Waals surface area contributed by atoms with Crippen molar-refractivity contribution >= 4 is 12.0 Å². The summed E-state index contributed by atoms with van der Waals surface area (Å²) in [5.41, 5.74) is 7.28. The minimum Gasteiger partial charge on any atom is -0.496 e. The molecule has 0 bridgehead atoms. The number of nitrogens with two attached hydrogens (primary N) is 1. The average molecular weight is 280 g/mol. The van der Waals surface area contributed by atoms with Gasteiger partial charge in [-0.25, -0.2) is 0 Å². The van der Waals surface area contributed by atoms with Gasteiger partial charge in [0, 0.05) is 24.7 Å². The van der Waals surface area contributed by atoms with Crippen LogP contribution >= 0.6 is 0 Å². The Balaban J connectivity index is 2.28. The number of aldehydes is 1. The molecule has 1 heterocycles. The lowest BCUT2D eigenvalue weighted by Crippen LogP contribution is -2.39. The summed E-state index contributed by atoms with van der Waals surface area (Å²) in [4.78, 5) is 12.7. The second kappa shape index (κ2) is 6.58. The molecule has 20 heavy (non-hydrogen) atoms. The lowest BCUT2D eigenvalue weighted by molar-refractivity contribution is -0.111. The van der Waals surface area contributed by atoms with E-state index >= 15 is 0 Å². The van der Waals surface area contributed by atoms with Crippen molar-refractivity contribution in [3.05, 3.63) is 17.7 Å². The van der Waals surface area contributed by atoms with E-state index in [0.29, 0.717) is 36.9 Å². The van der Waals surface area contributed by atoms with Crippen LogP contribution < -0.4 is 15.2 Å². The Morgan fingerprint density at radius 3 is 2.80 bits per heavy atom. The van der Waals surface area contributed by atoms with E-state index in [4.69, 9.17) is 19.9 Å². The molecular weight excluding hydrogens is 260 g/mol. The Morgan fingerprint density at radius 2 is 2.15 bits per heavy atom. The molecule has 1 atom stereocenters. The van der Waals surface area contributed by atoms with Crippen molar-refractivity contribution in [3.8, 4) is 11.5 Å². The molecule has 6 nitrogen and oxygen atoms in total. The van der Waals surface area contributed by atoms with Gasteiger partial charge in [0.2, 0.25) is 0 Å². The summed E-state index contributed by atoms with van der Waals surface area (Å²) in [6.45, 7) is 2.38. The van der Waals surface area contributed by atoms with Gasteiger partial charge in [-0.3, -0.25) is 4.90 Å². The number of ether oxygens (including phenoxy) is 3. The number of nitrogens with zero attached hydrogens (tertiary/aromatic N) is 1. The summed E-state index contributed by atoms with van der Waals surface area (Å²) in [7, 11) is 3.17. The van der Waals surface area contributed by atoms with Crippen LogP contribution in [-0.2, 0) is 9.53 Å². The fraction of sp³-hybridized carbons (Fsp3) is 0.500. The monoisotopic (exact) mass is 280 g/mol. The number of nitrogen functional groups attached to an aromatic ring is 1. The lowest BCUT2D eigenvalue weighted by atomic mass is 10.0. The van der Waals surface area contributed by atoms with Crippen LogP contribution in [0.15, 0.2) is 12.1 Å². The Bertz CT molecular complexity index is 478. The molecule has 1 aromatic rings. The number of morpholine rings is 1. The second-order valence-electron chi connectivity index (χ2n) is 4.62. The SMILES string of the molecule is COc1cc(C2CN(CC=O)CCO2)c(OC)cc1N. The molecule has 0 spiro atoms. The highest BCUT2D eigenvalue weighted by atomic mass is 16.5. The van der Waals surface area contributed by atoms with Crippen molar-refractivity contribution < 1.29 is 19.0 Å². The molecule has 0 saturated carbocycles. The molecule has 2 N–H and O–H groups in total. The van der Waals surface area contributed by atoms with E-state index in [1.807, 2.05) is 11.0 Å². The first-order chi connectivity index (χ1) is 9.69. The van der Waals surface area contributed by atoms with E-state index in [1.165, 1.54) is 0 Å². The van der Waals surface area contributed by atoms with E-state index in [-0.39, 0.29) is 6.10 Å². The number of carbonyl (C=O) groups excluding carboxylic acids is 1. The zero-order chi connectivity index (χ0) is 14.5. The van der Waals surface area contributed by atoms with Crippen molar-refractivity contribution in [2.45, 2.75) is 6.10 Å². The van der Waals surface area contributed by atoms with E-state index in [2.05, 4.69) is 0 Å². The Kier molecular flexibility index (Phi) is 4.81. The topological polar surface area (TPSA) is 74.0 Å². The molecule has 6 heteroatoms. The van der Waals surface area contributed by atoms with Gasteiger partial charge in [0.05, 0.1) is 39.2 Å². The number of hydrogen-bond donors (Lipinski definition) is 1. The summed E-state index contributed by atoms with van der Waals surface area (Å²) in [6.07, 6.45) is 0.747. The van der Waals surface area contributed by atoms with Crippen LogP contribution in [-0.4, -0.2) is 51.6 Å². The van der Waals surface area contributed by atoms with Crippen LogP contribution in [0.4, 0.5) is 5.69 Å². The second-order valence-corrected chi connectivity index (χ2v) is 4.62. The first-order valence-electron chi connectivity index (χ1n) is 6.48. The van der Waals surface area contributed by atoms with Crippen LogP contribution in [0.5, 0.6) is 11.5 Å². The third-order valence-electron chi connectivity index (χ3n) is 3.41. The third kappa shape index (κ3) is 3.02. The predicted molar refractivity (Wildman–Crippen MR) is 75.2 cm³/mol. The molecule has 0 radical (unpaired) electrons. The van der Waals surface area contributed by atoms with Crippen molar-refractivity contribution in [2.24, 2.45) is 0 Å². The first kappa shape index (κ1) is 14.6. The van der Waals surface area contributed by atoms with E-state index in [1.54, 1.807) is 20.3 Å². The van der Waals surface area contributed by atoms with Gasteiger partial charge in [-0.2, -0.15) is 0 Å². The Hall–Kier alpha value is -1.79. The first-order valence-corrected chi connectivity index (χ1v) is 6.48. The molecule has 0 aliphatic carbocycles. The maximum Gasteiger partial charge on any atom is 0.142 e. The van der Waals surface area contributed by atoms with Crippen molar-refractivity contribution in [3.63, 3.8) is 0 Å². The third-order valence-corrected chi connectivity index (χ3v) is 3.41. The highest BCUT2D eigenvalue weighted by Gasteiger charge is 2.25. The molecule has 1 aliphatic heterocycles. The van der Waals surface area contributed by atoms with E-state index < -0.39 is 0 Å². The fourth-order valence-electron chi connectivity index (χ4n) is 2.36. The van der Waals surface area contributed by atoms with E-state index in [9.17, 15) is 4.79 Å². The van der Waals surface area contributed by atoms with Crippen LogP contribution in [0.3, 0.4) is 0 Å². The normalized spacial score (nSPS) is 19.6. The molecule has 2 rings (SSSR count). The molecule has 0 aromatic heterocycles. The average Bonchev–Trinajstić information content (AvgIpc) is 2.47. The summed E-state index contributed by atoms with van der Waals surface area (Å²) in [5, 5.41) is 0. The summed E-state index contributed by atoms with van der Waals surface area (Å²) in [6, 6.07) is 3.57. The maximum absolute atomic E-state index is 10.6. The standard InChI is InChI=1S/C14H20N2O4/c1-18-12-8-11(15)13(19-2)7-10(12)14-9-16(3-5-17)4-6-20-14/h5,7-8,14H,3-4,6,9,15H2,1-2H3. The molecule has 1 saturated heterocycles. The summed E-state index contributed by atoms with van der Waals surface area (Å²) >= 11 is 0. The van der Waals surface area contributed by atoms with Gasteiger partial charge >= 0.3 is 0 Å². The van der Waals surface area contributed by atoms with Gasteiger partial charge < -0.3 is 24.7 Å². The minimum absolute atomic E-state index is 0.159. The van der Waals surface area contributed by atoms with Crippen LogP contribution in [0, 0.1) is 0 Å². The van der Waals surface area contributed by atoms with Gasteiger partial charge in [0.1, 0.15) is 17.8 Å². The van der Waals surface area contributed by atoms with Gasteiger partial charge in [-0.05, 0) is 6.07 Å². The van der Waals surface area contributed by atoms with Crippen LogP contribution in [0.1, 0.15) is 11.7 Å². The Labute approximate surface area is 118 Å². The number of methoxy groups -OCH3 is 2. The lowest BCUT2D eigenvalue weighted by Gasteiger charge is -2.32. The van der Waals surface area contributed by atoms with Crippen molar-refractivity contribution in [2.75, 3.05) is 46.2 Å². The minimum atomic E-state index is -0.159. The van der Waals surface area contributed by atoms with Crippen molar-refractivity contribution in [1.29, 1.82) is 0 Å². The number of carbonyl (C=O) groups is 1. The molecule has 0 amide bonds. The zero-order valence-electron chi connectivity index (χ0n) is 11.8. The van der Waals surface area contributed by atoms with Gasteiger partial charge in [-0.15, -0.1) is 0 Å². The molecule has 1 fully saturated rings. The van der Waals surface area contributed by atoms with Crippen LogP contribution in [0.25, 0.3) is 0 Å². The summed E-state index contributed by atoms with van der Waals surface area (Å²) in [5.74, 6) is 1.26. The molecule has 1 unspecified atom stereocenters. The van der Waals surface area contributed by atoms with Gasteiger partial charge in [0.15, 0.2) is 0 Å². The molecule has 110 valence electrons. The Morgan fingerprint density at radius 1 is 1.40 bits per heavy atom. The number of hydrogen-bond acceptors (Lipinski definition) is 6. The fourth-order valence-corrected chi connectivity index (χ4v) is 2.36. The number of rotatable bonds is 5. The zero-order valence-corrected chi connectivity index (χ0v) is 11.8. The van der Waals surface area contributed by atoms with Crippen LogP contribution in [0.2, 0.25) is 0 Å². The smallest absolute Gasteiger partial charge is 0.142 e. The molecule has 1 aliphatic rings. The van der Waals surface area contributed by atoms with Crippen molar-refractivity contribution in [1.82, 2.24) is 4.90 Å². The van der Waals surface area contributed by atoms with Gasteiger partial charge in [-0.1, -0.05) is 0 Å². The molecular formula is C14H20N2O4. The van der Waals surface area contributed by atoms with E-state index in [0.717, 1.165) is 18.4 Å². The highest BCUT2D eigenvalue weighted by Crippen LogP contribution is 2.36. The summed E-state index contributed by atoms with van der Waals surface area (Å²) < 4.78 is 16.4. The molecule has 1 aromatic carbocycles. The largest absolute Gasteiger partial charge is 0.496 e. The predicted octanol–water partition coefficient (Wildman–Crippen LogP) is 0.858. The number of benzene rings is 1. The quantitative estimate of drug-likeness (QED) is 0.637.